The molecule has 116 valence electrons. The summed E-state index contributed by atoms with van der Waals surface area (Å²) < 4.78 is 6.67. The minimum atomic E-state index is -1.17. The van der Waals surface area contributed by atoms with Crippen LogP contribution in [-0.4, -0.2) is 34.7 Å². The number of anilines is 1. The van der Waals surface area contributed by atoms with Gasteiger partial charge in [0.25, 0.3) is 0 Å². The lowest BCUT2D eigenvalue weighted by Gasteiger charge is -2.27. The summed E-state index contributed by atoms with van der Waals surface area (Å²) >= 11 is 3.33. The molecule has 3 heterocycles. The van der Waals surface area contributed by atoms with Gasteiger partial charge >= 0.3 is 5.97 Å². The first-order valence-corrected chi connectivity index (χ1v) is 7.87. The second-order valence-corrected chi connectivity index (χ2v) is 6.77. The molecule has 1 aromatic carbocycles. The van der Waals surface area contributed by atoms with Gasteiger partial charge in [0.15, 0.2) is 6.04 Å². The molecular weight excluding hydrogens is 364 g/mol. The summed E-state index contributed by atoms with van der Waals surface area (Å²) in [4.78, 5) is 25.9. The summed E-state index contributed by atoms with van der Waals surface area (Å²) in [7, 11) is 0. The zero-order chi connectivity index (χ0) is 16.4. The van der Waals surface area contributed by atoms with E-state index >= 15 is 0 Å². The Morgan fingerprint density at radius 2 is 2.09 bits per heavy atom. The Morgan fingerprint density at radius 1 is 1.39 bits per heavy atom. The van der Waals surface area contributed by atoms with Crippen LogP contribution in [0.4, 0.5) is 5.69 Å². The Balaban J connectivity index is 1.84. The molecular formula is C16H11BrN2O4. The largest absolute Gasteiger partial charge is 0.481 e. The van der Waals surface area contributed by atoms with Crippen LogP contribution < -0.4 is 4.90 Å². The van der Waals surface area contributed by atoms with Crippen molar-refractivity contribution in [1.29, 1.82) is 5.26 Å². The van der Waals surface area contributed by atoms with E-state index in [0.29, 0.717) is 5.69 Å². The number of amides is 1. The molecule has 6 nitrogen and oxygen atoms in total. The number of nitriles is 1. The normalized spacial score (nSPS) is 37.0. The molecule has 0 aliphatic carbocycles. The fraction of sp³-hybridized carbons (Fsp3) is 0.312. The third-order valence-electron chi connectivity index (χ3n) is 4.79. The number of aliphatic carboxylic acids is 1. The van der Waals surface area contributed by atoms with Crippen LogP contribution in [0.2, 0.25) is 0 Å². The van der Waals surface area contributed by atoms with E-state index in [-0.39, 0.29) is 5.91 Å². The Labute approximate surface area is 140 Å². The zero-order valence-corrected chi connectivity index (χ0v) is 13.3. The van der Waals surface area contributed by atoms with Crippen LogP contribution in [0.3, 0.4) is 0 Å². The zero-order valence-electron chi connectivity index (χ0n) is 11.7. The van der Waals surface area contributed by atoms with E-state index in [9.17, 15) is 20.0 Å². The maximum atomic E-state index is 12.9. The van der Waals surface area contributed by atoms with Crippen molar-refractivity contribution in [2.24, 2.45) is 11.8 Å². The fourth-order valence-corrected chi connectivity index (χ4v) is 4.13. The number of carboxylic acids is 1. The molecule has 5 atom stereocenters. The Bertz CT molecular complexity index is 784. The van der Waals surface area contributed by atoms with Crippen molar-refractivity contribution < 1.29 is 19.4 Å². The highest BCUT2D eigenvalue weighted by Gasteiger charge is 2.72. The molecule has 1 unspecified atom stereocenters. The summed E-state index contributed by atoms with van der Waals surface area (Å²) in [5.41, 5.74) is -0.620. The third-order valence-corrected chi connectivity index (χ3v) is 5.32. The molecule has 2 fully saturated rings. The number of carbonyl (C=O) groups is 2. The summed E-state index contributed by atoms with van der Waals surface area (Å²) in [6.45, 7) is 0. The molecule has 3 aliphatic heterocycles. The molecule has 0 aromatic heterocycles. The minimum Gasteiger partial charge on any atom is -0.481 e. The van der Waals surface area contributed by atoms with Gasteiger partial charge in [-0.25, -0.2) is 0 Å². The summed E-state index contributed by atoms with van der Waals surface area (Å²) in [6.07, 6.45) is 2.69. The first kappa shape index (κ1) is 14.4. The molecule has 1 amide bonds. The average Bonchev–Trinajstić information content (AvgIpc) is 3.15. The van der Waals surface area contributed by atoms with Gasteiger partial charge < -0.3 is 9.84 Å². The quantitative estimate of drug-likeness (QED) is 0.795. The first-order valence-electron chi connectivity index (χ1n) is 7.08. The SMILES string of the molecule is N#CC1N(c2ccc(Br)cc2)C(=O)[C@H]2[C@@H](C(=O)O)[C@@H]3C=C[C@]12O3. The molecule has 2 saturated heterocycles. The fourth-order valence-electron chi connectivity index (χ4n) is 3.87. The lowest BCUT2D eigenvalue weighted by atomic mass is 9.75. The van der Waals surface area contributed by atoms with Crippen molar-refractivity contribution in [2.75, 3.05) is 4.90 Å². The van der Waals surface area contributed by atoms with Crippen molar-refractivity contribution in [3.8, 4) is 6.07 Å². The van der Waals surface area contributed by atoms with Gasteiger partial charge in [-0.15, -0.1) is 0 Å². The van der Waals surface area contributed by atoms with Gasteiger partial charge in [-0.2, -0.15) is 5.26 Å². The van der Waals surface area contributed by atoms with Gasteiger partial charge in [-0.05, 0) is 24.3 Å². The molecule has 1 spiro atoms. The van der Waals surface area contributed by atoms with E-state index in [1.54, 1.807) is 36.4 Å². The van der Waals surface area contributed by atoms with Crippen LogP contribution in [0.15, 0.2) is 40.9 Å². The second-order valence-electron chi connectivity index (χ2n) is 5.85. The van der Waals surface area contributed by atoms with Crippen molar-refractivity contribution in [1.82, 2.24) is 0 Å². The number of carboxylic acid groups (broad SMARTS) is 1. The molecule has 0 saturated carbocycles. The lowest BCUT2D eigenvalue weighted by molar-refractivity contribution is -0.146. The van der Waals surface area contributed by atoms with E-state index < -0.39 is 35.6 Å². The number of fused-ring (bicyclic) bond motifs is 1. The van der Waals surface area contributed by atoms with Crippen LogP contribution in [0.25, 0.3) is 0 Å². The number of hydrogen-bond acceptors (Lipinski definition) is 4. The topological polar surface area (TPSA) is 90.6 Å². The van der Waals surface area contributed by atoms with E-state index in [2.05, 4.69) is 22.0 Å². The highest BCUT2D eigenvalue weighted by atomic mass is 79.9. The van der Waals surface area contributed by atoms with E-state index in [4.69, 9.17) is 4.74 Å². The van der Waals surface area contributed by atoms with Crippen LogP contribution in [0.5, 0.6) is 0 Å². The third kappa shape index (κ3) is 1.70. The number of hydrogen-bond donors (Lipinski definition) is 1. The molecule has 7 heteroatoms. The van der Waals surface area contributed by atoms with Gasteiger partial charge in [-0.3, -0.25) is 14.5 Å². The molecule has 2 bridgehead atoms. The first-order chi connectivity index (χ1) is 11.0. The molecule has 23 heavy (non-hydrogen) atoms. The average molecular weight is 375 g/mol. The number of nitrogens with zero attached hydrogens (tertiary/aromatic N) is 2. The molecule has 4 rings (SSSR count). The number of carbonyl (C=O) groups excluding carboxylic acids is 1. The van der Waals surface area contributed by atoms with Crippen molar-refractivity contribution >= 4 is 33.5 Å². The number of halogens is 1. The molecule has 1 N–H and O–H groups in total. The Hall–Kier alpha value is -2.17. The van der Waals surface area contributed by atoms with Crippen LogP contribution >= 0.6 is 15.9 Å². The summed E-state index contributed by atoms with van der Waals surface area (Å²) in [5, 5.41) is 19.1. The standard InChI is InChI=1S/C16H11BrN2O4/c17-8-1-3-9(4-2-8)19-11(7-18)16-6-5-10(23-16)12(15(21)22)13(16)14(19)20/h1-6,10-13H,(H,21,22)/t10-,11?,12-,13+,16-/m0/s1. The van der Waals surface area contributed by atoms with Gasteiger partial charge in [0, 0.05) is 10.2 Å². The number of rotatable bonds is 2. The maximum Gasteiger partial charge on any atom is 0.310 e. The van der Waals surface area contributed by atoms with Crippen LogP contribution in [-0.2, 0) is 14.3 Å². The van der Waals surface area contributed by atoms with Gasteiger partial charge in [0.2, 0.25) is 5.91 Å². The Morgan fingerprint density at radius 3 is 2.70 bits per heavy atom. The molecule has 0 radical (unpaired) electrons. The van der Waals surface area contributed by atoms with Crippen molar-refractivity contribution in [3.05, 3.63) is 40.9 Å². The van der Waals surface area contributed by atoms with Crippen LogP contribution in [0, 0.1) is 23.2 Å². The van der Waals surface area contributed by atoms with Gasteiger partial charge in [-0.1, -0.05) is 28.1 Å². The monoisotopic (exact) mass is 374 g/mol. The van der Waals surface area contributed by atoms with Crippen molar-refractivity contribution in [2.45, 2.75) is 17.7 Å². The number of ether oxygens (including phenoxy) is 1. The summed E-state index contributed by atoms with van der Waals surface area (Å²) in [5.74, 6) is -3.28. The van der Waals surface area contributed by atoms with Gasteiger partial charge in [0.1, 0.15) is 11.5 Å². The molecule has 1 aromatic rings. The van der Waals surface area contributed by atoms with Gasteiger partial charge in [0.05, 0.1) is 18.1 Å². The second kappa shape index (κ2) is 4.66. The maximum absolute atomic E-state index is 12.9. The van der Waals surface area contributed by atoms with E-state index in [1.165, 1.54) is 4.90 Å². The predicted molar refractivity (Wildman–Crippen MR) is 82.4 cm³/mol. The number of benzene rings is 1. The Kier molecular flexibility index (Phi) is 2.92. The smallest absolute Gasteiger partial charge is 0.310 e. The van der Waals surface area contributed by atoms with E-state index in [0.717, 1.165) is 4.47 Å². The highest BCUT2D eigenvalue weighted by molar-refractivity contribution is 9.10. The lowest BCUT2D eigenvalue weighted by Crippen LogP contribution is -2.44. The van der Waals surface area contributed by atoms with E-state index in [1.807, 2.05) is 0 Å². The van der Waals surface area contributed by atoms with Crippen molar-refractivity contribution in [3.63, 3.8) is 0 Å². The predicted octanol–water partition coefficient (Wildman–Crippen LogP) is 1.71. The summed E-state index contributed by atoms with van der Waals surface area (Å²) in [6, 6.07) is 8.22. The van der Waals surface area contributed by atoms with Crippen LogP contribution in [0.1, 0.15) is 0 Å². The highest BCUT2D eigenvalue weighted by Crippen LogP contribution is 2.55. The molecule has 3 aliphatic rings. The minimum absolute atomic E-state index is 0.377.